The van der Waals surface area contributed by atoms with E-state index in [0.29, 0.717) is 11.7 Å². The number of carbonyl (C=O) groups excluding carboxylic acids is 1. The number of carbonyl (C=O) groups is 1. The number of benzene rings is 2. The Hall–Kier alpha value is -1.98. The van der Waals surface area contributed by atoms with Crippen LogP contribution in [0.2, 0.25) is 0 Å². The molecule has 0 heterocycles. The van der Waals surface area contributed by atoms with E-state index >= 15 is 0 Å². The summed E-state index contributed by atoms with van der Waals surface area (Å²) in [5, 5.41) is 11.0. The standard InChI is InChI=1S/C22H27NO3S/c1-15(2)19-14-17(9-12-21(19)23(25)27-18-10-11-18)20(22(24)26-3)13-16-7-5-4-6-8-16/h4-9,12,14-15,18,20,25H,10-11,13H2,1-3H3. The molecule has 1 aliphatic carbocycles. The van der Waals surface area contributed by atoms with Crippen molar-refractivity contribution in [3.8, 4) is 0 Å². The van der Waals surface area contributed by atoms with Gasteiger partial charge in [-0.25, -0.2) is 0 Å². The maximum absolute atomic E-state index is 12.5. The summed E-state index contributed by atoms with van der Waals surface area (Å²) in [5.41, 5.74) is 3.85. The Labute approximate surface area is 165 Å². The summed E-state index contributed by atoms with van der Waals surface area (Å²) in [5.74, 6) is -0.383. The van der Waals surface area contributed by atoms with Crippen LogP contribution in [0, 0.1) is 0 Å². The average Bonchev–Trinajstić information content (AvgIpc) is 3.49. The van der Waals surface area contributed by atoms with Crippen molar-refractivity contribution in [1.29, 1.82) is 0 Å². The lowest BCUT2D eigenvalue weighted by Gasteiger charge is -2.23. The molecule has 144 valence electrons. The maximum atomic E-state index is 12.5. The second-order valence-electron chi connectivity index (χ2n) is 7.32. The molecule has 0 radical (unpaired) electrons. The Bertz CT molecular complexity index is 774. The highest BCUT2D eigenvalue weighted by Crippen LogP contribution is 2.40. The van der Waals surface area contributed by atoms with Gasteiger partial charge in [0.2, 0.25) is 0 Å². The molecular weight excluding hydrogens is 358 g/mol. The van der Waals surface area contributed by atoms with Gasteiger partial charge >= 0.3 is 5.97 Å². The highest BCUT2D eigenvalue weighted by atomic mass is 32.2. The van der Waals surface area contributed by atoms with E-state index in [1.54, 1.807) is 0 Å². The van der Waals surface area contributed by atoms with Crippen molar-refractivity contribution in [2.45, 2.75) is 50.2 Å². The first kappa shape index (κ1) is 19.8. The zero-order chi connectivity index (χ0) is 19.4. The van der Waals surface area contributed by atoms with Crippen LogP contribution in [0.25, 0.3) is 0 Å². The third-order valence-corrected chi connectivity index (χ3v) is 5.99. The van der Waals surface area contributed by atoms with E-state index in [1.165, 1.54) is 23.5 Å². The van der Waals surface area contributed by atoms with Crippen molar-refractivity contribution in [3.63, 3.8) is 0 Å². The fourth-order valence-corrected chi connectivity index (χ4v) is 4.04. The Balaban J connectivity index is 1.91. The first-order valence-corrected chi connectivity index (χ1v) is 10.2. The molecule has 1 unspecified atom stereocenters. The lowest BCUT2D eigenvalue weighted by molar-refractivity contribution is -0.142. The summed E-state index contributed by atoms with van der Waals surface area (Å²) < 4.78 is 6.37. The lowest BCUT2D eigenvalue weighted by Crippen LogP contribution is -2.18. The quantitative estimate of drug-likeness (QED) is 0.379. The van der Waals surface area contributed by atoms with Gasteiger partial charge in [0.05, 0.1) is 18.7 Å². The van der Waals surface area contributed by atoms with Gasteiger partial charge in [-0.05, 0) is 59.9 Å². The Morgan fingerprint density at radius 2 is 1.93 bits per heavy atom. The number of hydrogen-bond acceptors (Lipinski definition) is 5. The lowest BCUT2D eigenvalue weighted by atomic mass is 9.88. The van der Waals surface area contributed by atoms with Gasteiger partial charge in [-0.15, -0.1) is 0 Å². The molecule has 27 heavy (non-hydrogen) atoms. The molecule has 1 aliphatic rings. The third-order valence-electron chi connectivity index (χ3n) is 4.82. The second kappa shape index (κ2) is 8.81. The number of anilines is 1. The van der Waals surface area contributed by atoms with Crippen LogP contribution in [0.5, 0.6) is 0 Å². The van der Waals surface area contributed by atoms with E-state index < -0.39 is 0 Å². The van der Waals surface area contributed by atoms with E-state index in [2.05, 4.69) is 13.8 Å². The van der Waals surface area contributed by atoms with Gasteiger partial charge in [0.15, 0.2) is 0 Å². The Kier molecular flexibility index (Phi) is 6.45. The molecule has 0 spiro atoms. The van der Waals surface area contributed by atoms with Crippen molar-refractivity contribution in [2.24, 2.45) is 0 Å². The predicted molar refractivity (Wildman–Crippen MR) is 110 cm³/mol. The minimum absolute atomic E-state index is 0.226. The SMILES string of the molecule is COC(=O)C(Cc1ccccc1)c1ccc(N(O)SC2CC2)c(C(C)C)c1. The molecule has 1 saturated carbocycles. The molecular formula is C22H27NO3S. The van der Waals surface area contributed by atoms with Crippen molar-refractivity contribution < 1.29 is 14.7 Å². The number of rotatable bonds is 8. The highest BCUT2D eigenvalue weighted by Gasteiger charge is 2.28. The van der Waals surface area contributed by atoms with Crippen LogP contribution in [0.4, 0.5) is 5.69 Å². The summed E-state index contributed by atoms with van der Waals surface area (Å²) in [6.07, 6.45) is 2.89. The summed E-state index contributed by atoms with van der Waals surface area (Å²) in [7, 11) is 1.43. The molecule has 4 nitrogen and oxygen atoms in total. The average molecular weight is 386 g/mol. The number of hydrogen-bond donors (Lipinski definition) is 1. The van der Waals surface area contributed by atoms with E-state index in [-0.39, 0.29) is 17.8 Å². The topological polar surface area (TPSA) is 49.8 Å². The van der Waals surface area contributed by atoms with Gasteiger partial charge in [-0.1, -0.05) is 56.3 Å². The van der Waals surface area contributed by atoms with E-state index in [0.717, 1.165) is 35.2 Å². The number of nitrogens with zero attached hydrogens (tertiary/aromatic N) is 1. The summed E-state index contributed by atoms with van der Waals surface area (Å²) in [4.78, 5) is 12.5. The first-order valence-electron chi connectivity index (χ1n) is 9.41. The van der Waals surface area contributed by atoms with Crippen LogP contribution in [0.15, 0.2) is 48.5 Å². The van der Waals surface area contributed by atoms with Crippen LogP contribution in [0.3, 0.4) is 0 Å². The molecule has 2 aromatic carbocycles. The smallest absolute Gasteiger partial charge is 0.313 e. The van der Waals surface area contributed by atoms with Crippen LogP contribution >= 0.6 is 11.9 Å². The van der Waals surface area contributed by atoms with Crippen molar-refractivity contribution in [1.82, 2.24) is 0 Å². The zero-order valence-corrected chi connectivity index (χ0v) is 16.9. The fraction of sp³-hybridized carbons (Fsp3) is 0.409. The van der Waals surface area contributed by atoms with E-state index in [9.17, 15) is 10.0 Å². The minimum atomic E-state index is -0.368. The van der Waals surface area contributed by atoms with Gasteiger partial charge in [-0.2, -0.15) is 4.47 Å². The van der Waals surface area contributed by atoms with Crippen LogP contribution < -0.4 is 4.47 Å². The van der Waals surface area contributed by atoms with Gasteiger partial charge in [-0.3, -0.25) is 10.0 Å². The Morgan fingerprint density at radius 1 is 1.22 bits per heavy atom. The number of ether oxygens (including phenoxy) is 1. The number of esters is 1. The van der Waals surface area contributed by atoms with Crippen molar-refractivity contribution >= 4 is 23.6 Å². The summed E-state index contributed by atoms with van der Waals surface area (Å²) in [6, 6.07) is 15.9. The summed E-state index contributed by atoms with van der Waals surface area (Å²) in [6.45, 7) is 4.20. The number of methoxy groups -OCH3 is 1. The second-order valence-corrected chi connectivity index (χ2v) is 8.54. The predicted octanol–water partition coefficient (Wildman–Crippen LogP) is 5.32. The van der Waals surface area contributed by atoms with Crippen LogP contribution in [-0.2, 0) is 16.0 Å². The molecule has 0 aromatic heterocycles. The van der Waals surface area contributed by atoms with Gasteiger partial charge in [0, 0.05) is 5.25 Å². The highest BCUT2D eigenvalue weighted by molar-refractivity contribution is 8.01. The molecule has 2 aromatic rings. The normalized spacial score (nSPS) is 14.9. The molecule has 1 atom stereocenters. The molecule has 0 aliphatic heterocycles. The van der Waals surface area contributed by atoms with Gasteiger partial charge in [0.25, 0.3) is 0 Å². The zero-order valence-electron chi connectivity index (χ0n) is 16.1. The van der Waals surface area contributed by atoms with Crippen LogP contribution in [0.1, 0.15) is 55.2 Å². The van der Waals surface area contributed by atoms with E-state index in [4.69, 9.17) is 4.74 Å². The molecule has 1 fully saturated rings. The van der Waals surface area contributed by atoms with Crippen LogP contribution in [-0.4, -0.2) is 23.5 Å². The molecule has 0 amide bonds. The molecule has 3 rings (SSSR count). The molecule has 0 saturated heterocycles. The molecule has 1 N–H and O–H groups in total. The van der Waals surface area contributed by atoms with Crippen molar-refractivity contribution in [2.75, 3.05) is 11.6 Å². The Morgan fingerprint density at radius 3 is 2.52 bits per heavy atom. The van der Waals surface area contributed by atoms with Gasteiger partial charge < -0.3 is 4.74 Å². The molecule has 5 heteroatoms. The monoisotopic (exact) mass is 385 g/mol. The maximum Gasteiger partial charge on any atom is 0.313 e. The van der Waals surface area contributed by atoms with Crippen molar-refractivity contribution in [3.05, 3.63) is 65.2 Å². The largest absolute Gasteiger partial charge is 0.469 e. The summed E-state index contributed by atoms with van der Waals surface area (Å²) >= 11 is 1.48. The van der Waals surface area contributed by atoms with Gasteiger partial charge in [0.1, 0.15) is 0 Å². The third kappa shape index (κ3) is 5.05. The fourth-order valence-electron chi connectivity index (χ4n) is 3.13. The molecule has 0 bridgehead atoms. The van der Waals surface area contributed by atoms with E-state index in [1.807, 2.05) is 48.5 Å². The minimum Gasteiger partial charge on any atom is -0.469 e. The first-order chi connectivity index (χ1) is 13.0.